The Morgan fingerprint density at radius 2 is 1.04 bits per heavy atom. The Labute approximate surface area is 349 Å². The first-order valence-electron chi connectivity index (χ1n) is 24.0. The molecule has 7 unspecified atom stereocenters. The fourth-order valence-electron chi connectivity index (χ4n) is 7.68. The Hall–Kier alpha value is -1.33. The van der Waals surface area contributed by atoms with Crippen LogP contribution in [0.3, 0.4) is 0 Å². The van der Waals surface area contributed by atoms with Gasteiger partial charge >= 0.3 is 0 Å². The summed E-state index contributed by atoms with van der Waals surface area (Å²) in [7, 11) is 0. The van der Waals surface area contributed by atoms with Gasteiger partial charge < -0.3 is 40.3 Å². The van der Waals surface area contributed by atoms with Gasteiger partial charge in [0, 0.05) is 6.42 Å². The van der Waals surface area contributed by atoms with E-state index in [1.807, 2.05) is 6.08 Å². The third-order valence-corrected chi connectivity index (χ3v) is 11.6. The number of hydrogen-bond donors (Lipinski definition) is 6. The smallest absolute Gasteiger partial charge is 0.220 e. The fourth-order valence-corrected chi connectivity index (χ4v) is 7.68. The Kier molecular flexibility index (Phi) is 36.6. The molecule has 57 heavy (non-hydrogen) atoms. The van der Waals surface area contributed by atoms with Crippen molar-refractivity contribution >= 4 is 5.91 Å². The predicted octanol–water partition coefficient (Wildman–Crippen LogP) is 10.3. The van der Waals surface area contributed by atoms with Gasteiger partial charge in [0.05, 0.1) is 25.4 Å². The lowest BCUT2D eigenvalue weighted by molar-refractivity contribution is -0.302. The van der Waals surface area contributed by atoms with Crippen LogP contribution in [0.25, 0.3) is 0 Å². The van der Waals surface area contributed by atoms with E-state index in [2.05, 4.69) is 37.4 Å². The summed E-state index contributed by atoms with van der Waals surface area (Å²) in [5.41, 5.74) is 0. The lowest BCUT2D eigenvalue weighted by Gasteiger charge is -2.40. The predicted molar refractivity (Wildman–Crippen MR) is 235 cm³/mol. The molecule has 0 radical (unpaired) electrons. The molecule has 1 aliphatic heterocycles. The summed E-state index contributed by atoms with van der Waals surface area (Å²) in [5, 5.41) is 54.3. The summed E-state index contributed by atoms with van der Waals surface area (Å²) < 4.78 is 11.2. The topological polar surface area (TPSA) is 149 Å². The molecule has 9 nitrogen and oxygen atoms in total. The molecule has 1 aliphatic rings. The number of aliphatic hydroxyl groups excluding tert-OH is 5. The Morgan fingerprint density at radius 3 is 1.51 bits per heavy atom. The second-order valence-corrected chi connectivity index (χ2v) is 16.9. The highest BCUT2D eigenvalue weighted by Gasteiger charge is 2.44. The zero-order chi connectivity index (χ0) is 41.6. The molecule has 6 N–H and O–H groups in total. The highest BCUT2D eigenvalue weighted by atomic mass is 16.7. The van der Waals surface area contributed by atoms with Gasteiger partial charge in [0.15, 0.2) is 6.29 Å². The number of unbranched alkanes of at least 4 members (excludes halogenated alkanes) is 26. The van der Waals surface area contributed by atoms with Crippen molar-refractivity contribution in [2.45, 2.75) is 262 Å². The van der Waals surface area contributed by atoms with E-state index in [1.165, 1.54) is 154 Å². The molecule has 0 aromatic rings. The zero-order valence-corrected chi connectivity index (χ0v) is 36.9. The number of carbonyl (C=O) groups excluding carboxylic acids is 1. The first kappa shape index (κ1) is 53.7. The number of hydrogen-bond acceptors (Lipinski definition) is 8. The molecule has 1 fully saturated rings. The summed E-state index contributed by atoms with van der Waals surface area (Å²) in [6.45, 7) is 3.80. The molecule has 0 aliphatic carbocycles. The van der Waals surface area contributed by atoms with Gasteiger partial charge in [-0.3, -0.25) is 4.79 Å². The molecule has 1 saturated heterocycles. The standard InChI is InChI=1S/C48H91NO8/c1-3-5-7-9-11-13-15-17-18-19-20-21-22-23-24-26-27-29-31-33-35-37-42(51)41(40-56-48-47(55)46(54)45(53)43(39-50)57-48)49-44(52)38-36-34-32-30-28-25-16-14-12-10-8-6-4-2/h25,28,32,34,41-43,45-48,50-51,53-55H,3-24,26-27,29-31,33,35-40H2,1-2H3,(H,49,52)/b28-25-,34-32-. The van der Waals surface area contributed by atoms with Gasteiger partial charge in [-0.15, -0.1) is 0 Å². The van der Waals surface area contributed by atoms with Crippen molar-refractivity contribution in [3.8, 4) is 0 Å². The van der Waals surface area contributed by atoms with Crippen molar-refractivity contribution in [3.05, 3.63) is 24.3 Å². The third-order valence-electron chi connectivity index (χ3n) is 11.6. The van der Waals surface area contributed by atoms with Crippen molar-refractivity contribution in [3.63, 3.8) is 0 Å². The van der Waals surface area contributed by atoms with Crippen LogP contribution in [0.2, 0.25) is 0 Å². The molecule has 0 aromatic carbocycles. The number of ether oxygens (including phenoxy) is 2. The summed E-state index contributed by atoms with van der Waals surface area (Å²) in [6.07, 6.45) is 39.2. The fraction of sp³-hybridized carbons (Fsp3) is 0.896. The van der Waals surface area contributed by atoms with Crippen molar-refractivity contribution in [2.75, 3.05) is 13.2 Å². The minimum Gasteiger partial charge on any atom is -0.394 e. The maximum Gasteiger partial charge on any atom is 0.220 e. The van der Waals surface area contributed by atoms with E-state index in [9.17, 15) is 30.3 Å². The first-order valence-corrected chi connectivity index (χ1v) is 24.0. The number of amides is 1. The quantitative estimate of drug-likeness (QED) is 0.0265. The second-order valence-electron chi connectivity index (χ2n) is 16.9. The van der Waals surface area contributed by atoms with Gasteiger partial charge in [0.1, 0.15) is 24.4 Å². The normalized spacial score (nSPS) is 21.1. The van der Waals surface area contributed by atoms with Crippen molar-refractivity contribution < 1.29 is 39.8 Å². The van der Waals surface area contributed by atoms with Crippen LogP contribution < -0.4 is 5.32 Å². The van der Waals surface area contributed by atoms with Gasteiger partial charge in [-0.1, -0.05) is 205 Å². The SMILES string of the molecule is CCCCCCCC/C=C\C/C=C\CCC(=O)NC(COC1OC(CO)C(O)C(O)C1O)C(O)CCCCCCCCCCCCCCCCCCCCCCC. The van der Waals surface area contributed by atoms with Crippen LogP contribution in [0.5, 0.6) is 0 Å². The summed E-state index contributed by atoms with van der Waals surface area (Å²) >= 11 is 0. The number of rotatable bonds is 40. The Bertz CT molecular complexity index is 945. The maximum absolute atomic E-state index is 12.9. The van der Waals surface area contributed by atoms with Crippen LogP contribution >= 0.6 is 0 Å². The number of nitrogens with one attached hydrogen (secondary N) is 1. The molecular weight excluding hydrogens is 719 g/mol. The van der Waals surface area contributed by atoms with E-state index in [1.54, 1.807) is 0 Å². The van der Waals surface area contributed by atoms with Crippen LogP contribution in [0, 0.1) is 0 Å². The molecular formula is C48H91NO8. The van der Waals surface area contributed by atoms with E-state index in [-0.39, 0.29) is 18.9 Å². The second kappa shape index (κ2) is 38.8. The monoisotopic (exact) mass is 810 g/mol. The van der Waals surface area contributed by atoms with Gasteiger partial charge in [-0.25, -0.2) is 0 Å². The Morgan fingerprint density at radius 1 is 0.596 bits per heavy atom. The van der Waals surface area contributed by atoms with Gasteiger partial charge in [0.25, 0.3) is 0 Å². The van der Waals surface area contributed by atoms with Crippen LogP contribution in [0.15, 0.2) is 24.3 Å². The Balaban J connectivity index is 2.30. The van der Waals surface area contributed by atoms with Crippen molar-refractivity contribution in [1.29, 1.82) is 0 Å². The van der Waals surface area contributed by atoms with Crippen molar-refractivity contribution in [1.82, 2.24) is 5.32 Å². The number of aliphatic hydroxyl groups is 5. The number of allylic oxidation sites excluding steroid dienone is 4. The summed E-state index contributed by atoms with van der Waals surface area (Å²) in [6, 6.07) is -0.746. The highest BCUT2D eigenvalue weighted by molar-refractivity contribution is 5.76. The van der Waals surface area contributed by atoms with E-state index in [4.69, 9.17) is 9.47 Å². The lowest BCUT2D eigenvalue weighted by atomic mass is 9.99. The van der Waals surface area contributed by atoms with E-state index in [0.717, 1.165) is 32.1 Å². The van der Waals surface area contributed by atoms with E-state index in [0.29, 0.717) is 12.8 Å². The maximum atomic E-state index is 12.9. The number of carbonyl (C=O) groups is 1. The van der Waals surface area contributed by atoms with Crippen LogP contribution in [-0.4, -0.2) is 87.5 Å². The zero-order valence-electron chi connectivity index (χ0n) is 36.9. The molecule has 1 amide bonds. The molecule has 9 heteroatoms. The molecule has 0 bridgehead atoms. The van der Waals surface area contributed by atoms with Crippen LogP contribution in [0.4, 0.5) is 0 Å². The molecule has 7 atom stereocenters. The minimum atomic E-state index is -1.56. The molecule has 0 spiro atoms. The van der Waals surface area contributed by atoms with Crippen LogP contribution in [0.1, 0.15) is 219 Å². The summed E-state index contributed by atoms with van der Waals surface area (Å²) in [5.74, 6) is -0.210. The van der Waals surface area contributed by atoms with Crippen molar-refractivity contribution in [2.24, 2.45) is 0 Å². The molecule has 1 rings (SSSR count). The highest BCUT2D eigenvalue weighted by Crippen LogP contribution is 2.23. The molecule has 1 heterocycles. The molecule has 0 aromatic heterocycles. The lowest BCUT2D eigenvalue weighted by Crippen LogP contribution is -2.60. The van der Waals surface area contributed by atoms with Gasteiger partial charge in [-0.2, -0.15) is 0 Å². The van der Waals surface area contributed by atoms with E-state index < -0.39 is 49.5 Å². The largest absolute Gasteiger partial charge is 0.394 e. The molecule has 336 valence electrons. The van der Waals surface area contributed by atoms with E-state index >= 15 is 0 Å². The summed E-state index contributed by atoms with van der Waals surface area (Å²) in [4.78, 5) is 12.9. The first-order chi connectivity index (χ1) is 27.8. The minimum absolute atomic E-state index is 0.159. The third kappa shape index (κ3) is 29.5. The van der Waals surface area contributed by atoms with Crippen LogP contribution in [-0.2, 0) is 14.3 Å². The average molecular weight is 810 g/mol. The van der Waals surface area contributed by atoms with Gasteiger partial charge in [0.2, 0.25) is 5.91 Å². The average Bonchev–Trinajstić information content (AvgIpc) is 3.21. The molecule has 0 saturated carbocycles. The van der Waals surface area contributed by atoms with Gasteiger partial charge in [-0.05, 0) is 32.1 Å².